The first-order valence-electron chi connectivity index (χ1n) is 5.18. The summed E-state index contributed by atoms with van der Waals surface area (Å²) in [5, 5.41) is 0. The predicted molar refractivity (Wildman–Crippen MR) is 60.3 cm³/mol. The Balaban J connectivity index is 0. The molecule has 0 rings (SSSR count). The van der Waals surface area contributed by atoms with Gasteiger partial charge in [-0.1, -0.05) is 26.7 Å². The first-order chi connectivity index (χ1) is 6.83. The van der Waals surface area contributed by atoms with E-state index in [0.717, 1.165) is 12.8 Å². The van der Waals surface area contributed by atoms with Crippen molar-refractivity contribution in [2.45, 2.75) is 39.5 Å². The second kappa shape index (κ2) is 8.97. The molecule has 0 aliphatic carbocycles. The smallest absolute Gasteiger partial charge is 0.324 e. The molecule has 0 heterocycles. The van der Waals surface area contributed by atoms with Gasteiger partial charge in [-0.2, -0.15) is 0 Å². The van der Waals surface area contributed by atoms with Crippen molar-refractivity contribution < 1.29 is 42.7 Å². The molecule has 0 spiro atoms. The summed E-state index contributed by atoms with van der Waals surface area (Å²) >= 11 is 0. The summed E-state index contributed by atoms with van der Waals surface area (Å²) in [5.41, 5.74) is 0. The van der Waals surface area contributed by atoms with E-state index in [1.165, 1.54) is 0 Å². The minimum absolute atomic E-state index is 0. The van der Waals surface area contributed by atoms with Crippen LogP contribution < -0.4 is 0 Å². The Morgan fingerprint density at radius 3 is 1.50 bits per heavy atom. The average molecular weight is 324 g/mol. The zero-order chi connectivity index (χ0) is 11.9. The van der Waals surface area contributed by atoms with Gasteiger partial charge in [0, 0.05) is 19.5 Å². The largest absolute Gasteiger partial charge is 0.335 e. The van der Waals surface area contributed by atoms with Crippen LogP contribution in [0, 0.1) is 0 Å². The summed E-state index contributed by atoms with van der Waals surface area (Å²) < 4.78 is 27.2. The average Bonchev–Trinajstić information content (AvgIpc) is 2.10. The molecule has 0 aromatic carbocycles. The van der Waals surface area contributed by atoms with Gasteiger partial charge in [-0.25, -0.2) is 4.31 Å². The number of rotatable bonds is 8. The van der Waals surface area contributed by atoms with Gasteiger partial charge in [0.25, 0.3) is 0 Å². The molecule has 0 fully saturated rings. The molecule has 0 aliphatic rings. The van der Waals surface area contributed by atoms with E-state index in [1.54, 1.807) is 0 Å². The molecule has 0 saturated carbocycles. The number of hydrogen-bond acceptors (Lipinski definition) is 3. The predicted octanol–water partition coefficient (Wildman–Crippen LogP) is 2.97. The van der Waals surface area contributed by atoms with Crippen LogP contribution in [0.25, 0.3) is 0 Å². The minimum atomic E-state index is -3.88. The fraction of sp³-hybridized carbons (Fsp3) is 1.00. The molecular formula is C8H20O5P2Zn. The van der Waals surface area contributed by atoms with Crippen molar-refractivity contribution in [3.8, 4) is 0 Å². The van der Waals surface area contributed by atoms with Crippen molar-refractivity contribution in [3.63, 3.8) is 0 Å². The van der Waals surface area contributed by atoms with Crippen LogP contribution in [0.4, 0.5) is 0 Å². The molecule has 8 heteroatoms. The van der Waals surface area contributed by atoms with Crippen LogP contribution in [-0.2, 0) is 32.9 Å². The Hall–Kier alpha value is 0.963. The SMILES string of the molecule is CCCCP(=O)(O)OP(=O)(O)CCCC.[Zn]. The van der Waals surface area contributed by atoms with Gasteiger partial charge in [-0.15, -0.1) is 0 Å². The second-order valence-electron chi connectivity index (χ2n) is 3.51. The summed E-state index contributed by atoms with van der Waals surface area (Å²) in [5.74, 6) is 0. The molecule has 0 aromatic heterocycles. The standard InChI is InChI=1S/C8H20O5P2.Zn/c1-3-5-7-14(9,10)13-15(11,12)8-6-4-2;/h3-8H2,1-2H3,(H,9,10)(H,11,12);. The molecule has 16 heavy (non-hydrogen) atoms. The topological polar surface area (TPSA) is 83.8 Å². The molecule has 2 unspecified atom stereocenters. The summed E-state index contributed by atoms with van der Waals surface area (Å²) in [6, 6.07) is 0. The summed E-state index contributed by atoms with van der Waals surface area (Å²) in [6.07, 6.45) is 2.42. The van der Waals surface area contributed by atoms with Gasteiger partial charge in [-0.05, 0) is 12.8 Å². The Morgan fingerprint density at radius 2 is 1.25 bits per heavy atom. The third-order valence-corrected chi connectivity index (χ3v) is 5.65. The zero-order valence-electron chi connectivity index (χ0n) is 9.96. The summed E-state index contributed by atoms with van der Waals surface area (Å²) in [7, 11) is -7.77. The molecule has 94 valence electrons. The maximum Gasteiger partial charge on any atom is 0.335 e. The molecule has 5 nitrogen and oxygen atoms in total. The van der Waals surface area contributed by atoms with E-state index in [4.69, 9.17) is 0 Å². The fourth-order valence-corrected chi connectivity index (χ4v) is 4.68. The first kappa shape index (κ1) is 19.3. The molecule has 0 bridgehead atoms. The Bertz CT molecular complexity index is 245. The minimum Gasteiger partial charge on any atom is -0.324 e. The Kier molecular flexibility index (Phi) is 10.8. The van der Waals surface area contributed by atoms with Crippen molar-refractivity contribution in [2.24, 2.45) is 0 Å². The zero-order valence-corrected chi connectivity index (χ0v) is 14.7. The van der Waals surface area contributed by atoms with E-state index in [-0.39, 0.29) is 31.8 Å². The van der Waals surface area contributed by atoms with E-state index in [1.807, 2.05) is 13.8 Å². The molecule has 0 aliphatic heterocycles. The molecular weight excluding hydrogens is 303 g/mol. The third kappa shape index (κ3) is 10.1. The van der Waals surface area contributed by atoms with E-state index >= 15 is 0 Å². The quantitative estimate of drug-likeness (QED) is 0.530. The van der Waals surface area contributed by atoms with Gasteiger partial charge < -0.3 is 9.79 Å². The Morgan fingerprint density at radius 1 is 0.938 bits per heavy atom. The van der Waals surface area contributed by atoms with Gasteiger partial charge >= 0.3 is 15.2 Å². The first-order valence-corrected chi connectivity index (χ1v) is 8.70. The molecule has 0 aromatic rings. The number of hydrogen-bond donors (Lipinski definition) is 2. The van der Waals surface area contributed by atoms with E-state index in [2.05, 4.69) is 4.31 Å². The van der Waals surface area contributed by atoms with Gasteiger partial charge in [0.15, 0.2) is 0 Å². The monoisotopic (exact) mass is 322 g/mol. The fourth-order valence-electron chi connectivity index (χ4n) is 0.997. The van der Waals surface area contributed by atoms with Crippen LogP contribution in [0.5, 0.6) is 0 Å². The molecule has 0 saturated heterocycles. The summed E-state index contributed by atoms with van der Waals surface area (Å²) in [6.45, 7) is 3.74. The number of unbranched alkanes of at least 4 members (excludes halogenated alkanes) is 2. The van der Waals surface area contributed by atoms with Gasteiger partial charge in [0.05, 0.1) is 12.3 Å². The van der Waals surface area contributed by atoms with Crippen LogP contribution >= 0.6 is 15.2 Å². The van der Waals surface area contributed by atoms with E-state index in [0.29, 0.717) is 12.8 Å². The summed E-state index contributed by atoms with van der Waals surface area (Å²) in [4.78, 5) is 18.6. The second-order valence-corrected chi connectivity index (χ2v) is 7.61. The van der Waals surface area contributed by atoms with Crippen molar-refractivity contribution in [3.05, 3.63) is 0 Å². The van der Waals surface area contributed by atoms with Gasteiger partial charge in [0.1, 0.15) is 0 Å². The van der Waals surface area contributed by atoms with Crippen LogP contribution in [0.1, 0.15) is 39.5 Å². The normalized spacial score (nSPS) is 18.2. The maximum absolute atomic E-state index is 11.4. The van der Waals surface area contributed by atoms with Gasteiger partial charge in [0.2, 0.25) is 0 Å². The third-order valence-electron chi connectivity index (χ3n) is 1.84. The van der Waals surface area contributed by atoms with Crippen molar-refractivity contribution in [1.82, 2.24) is 0 Å². The molecule has 2 N–H and O–H groups in total. The maximum atomic E-state index is 11.4. The van der Waals surface area contributed by atoms with Crippen molar-refractivity contribution in [2.75, 3.05) is 12.3 Å². The molecule has 0 radical (unpaired) electrons. The Labute approximate surface area is 110 Å². The van der Waals surface area contributed by atoms with Crippen molar-refractivity contribution in [1.29, 1.82) is 0 Å². The van der Waals surface area contributed by atoms with Crippen molar-refractivity contribution >= 4 is 15.2 Å². The van der Waals surface area contributed by atoms with Crippen LogP contribution in [0.2, 0.25) is 0 Å². The van der Waals surface area contributed by atoms with E-state index < -0.39 is 15.2 Å². The van der Waals surface area contributed by atoms with E-state index in [9.17, 15) is 18.9 Å². The molecule has 2 atom stereocenters. The van der Waals surface area contributed by atoms with Gasteiger partial charge in [-0.3, -0.25) is 9.13 Å². The van der Waals surface area contributed by atoms with Crippen LogP contribution in [0.3, 0.4) is 0 Å². The van der Waals surface area contributed by atoms with Crippen LogP contribution in [-0.4, -0.2) is 22.1 Å². The van der Waals surface area contributed by atoms with Crippen LogP contribution in [0.15, 0.2) is 0 Å². The molecule has 0 amide bonds.